The molecule has 2 aromatic heterocycles. The number of alkyl carbamates (subject to hydrolysis) is 1. The van der Waals surface area contributed by atoms with Crippen LogP contribution in [0, 0.1) is 0 Å². The number of rotatable bonds is 13. The smallest absolute Gasteiger partial charge is 0.407 e. The zero-order valence-corrected chi connectivity index (χ0v) is 19.5. The summed E-state index contributed by atoms with van der Waals surface area (Å²) >= 11 is 3.53. The molecule has 0 aliphatic carbocycles. The third kappa shape index (κ3) is 11.4. The maximum Gasteiger partial charge on any atom is 0.407 e. The van der Waals surface area contributed by atoms with E-state index in [0.717, 1.165) is 52.0 Å². The molecule has 0 spiro atoms. The number of amides is 1. The highest BCUT2D eigenvalue weighted by molar-refractivity contribution is 7.08. The SMILES string of the molecule is CC(C)(C)OC(=O)NCCCCNCCCN(Cc1ccsc1)Cc1ccsc1. The lowest BCUT2D eigenvalue weighted by Gasteiger charge is -2.21. The molecule has 0 saturated carbocycles. The van der Waals surface area contributed by atoms with Crippen molar-refractivity contribution >= 4 is 28.8 Å². The molecule has 0 saturated heterocycles. The quantitative estimate of drug-likeness (QED) is 0.428. The molecule has 0 aliphatic rings. The molecule has 29 heavy (non-hydrogen) atoms. The van der Waals surface area contributed by atoms with E-state index in [1.807, 2.05) is 20.8 Å². The Balaban J connectivity index is 1.53. The molecule has 0 atom stereocenters. The van der Waals surface area contributed by atoms with Gasteiger partial charge in [-0.05, 0) is 97.9 Å². The number of nitrogens with one attached hydrogen (secondary N) is 2. The van der Waals surface area contributed by atoms with Gasteiger partial charge in [0.05, 0.1) is 0 Å². The number of nitrogens with zero attached hydrogens (tertiary/aromatic N) is 1. The van der Waals surface area contributed by atoms with Crippen LogP contribution in [0.3, 0.4) is 0 Å². The first kappa shape index (κ1) is 23.9. The first-order valence-corrected chi connectivity index (χ1v) is 12.2. The van der Waals surface area contributed by atoms with E-state index in [0.29, 0.717) is 6.54 Å². The van der Waals surface area contributed by atoms with Gasteiger partial charge in [-0.3, -0.25) is 4.90 Å². The molecule has 2 rings (SSSR count). The highest BCUT2D eigenvalue weighted by Gasteiger charge is 2.15. The van der Waals surface area contributed by atoms with Crippen LogP contribution >= 0.6 is 22.7 Å². The average Bonchev–Trinajstić information content (AvgIpc) is 3.32. The summed E-state index contributed by atoms with van der Waals surface area (Å²) in [7, 11) is 0. The maximum absolute atomic E-state index is 11.6. The van der Waals surface area contributed by atoms with Crippen molar-refractivity contribution in [1.82, 2.24) is 15.5 Å². The van der Waals surface area contributed by atoms with Gasteiger partial charge < -0.3 is 15.4 Å². The monoisotopic (exact) mass is 437 g/mol. The summed E-state index contributed by atoms with van der Waals surface area (Å²) in [5.74, 6) is 0. The Bertz CT molecular complexity index is 631. The predicted molar refractivity (Wildman–Crippen MR) is 124 cm³/mol. The number of ether oxygens (including phenoxy) is 1. The van der Waals surface area contributed by atoms with Gasteiger partial charge in [0.2, 0.25) is 0 Å². The van der Waals surface area contributed by atoms with E-state index in [2.05, 4.69) is 49.2 Å². The first-order valence-electron chi connectivity index (χ1n) is 10.3. The van der Waals surface area contributed by atoms with Gasteiger partial charge in [-0.2, -0.15) is 22.7 Å². The van der Waals surface area contributed by atoms with Gasteiger partial charge in [-0.15, -0.1) is 0 Å². The molecule has 0 radical (unpaired) electrons. The van der Waals surface area contributed by atoms with Gasteiger partial charge >= 0.3 is 6.09 Å². The number of carbonyl (C=O) groups is 1. The number of carbonyl (C=O) groups excluding carboxylic acids is 1. The second-order valence-electron chi connectivity index (χ2n) is 8.21. The van der Waals surface area contributed by atoms with Gasteiger partial charge in [0, 0.05) is 26.2 Å². The summed E-state index contributed by atoms with van der Waals surface area (Å²) in [6.45, 7) is 11.4. The molecular formula is C22H35N3O2S2. The first-order chi connectivity index (χ1) is 13.9. The van der Waals surface area contributed by atoms with Crippen molar-refractivity contribution in [1.29, 1.82) is 0 Å². The Morgan fingerprint density at radius 2 is 1.55 bits per heavy atom. The van der Waals surface area contributed by atoms with E-state index >= 15 is 0 Å². The molecule has 7 heteroatoms. The summed E-state index contributed by atoms with van der Waals surface area (Å²) in [5, 5.41) is 15.1. The van der Waals surface area contributed by atoms with Crippen molar-refractivity contribution in [2.45, 2.75) is 58.7 Å². The summed E-state index contributed by atoms with van der Waals surface area (Å²) in [5.41, 5.74) is 2.36. The molecule has 0 unspecified atom stereocenters. The number of unbranched alkanes of at least 4 members (excludes halogenated alkanes) is 1. The molecule has 0 aliphatic heterocycles. The summed E-state index contributed by atoms with van der Waals surface area (Å²) in [6, 6.07) is 4.43. The van der Waals surface area contributed by atoms with E-state index in [1.54, 1.807) is 22.7 Å². The molecule has 1 amide bonds. The lowest BCUT2D eigenvalue weighted by molar-refractivity contribution is 0.0527. The zero-order valence-electron chi connectivity index (χ0n) is 17.9. The lowest BCUT2D eigenvalue weighted by atomic mass is 10.2. The van der Waals surface area contributed by atoms with Crippen LogP contribution in [0.1, 0.15) is 51.2 Å². The summed E-state index contributed by atoms with van der Waals surface area (Å²) in [6.07, 6.45) is 2.80. The molecule has 162 valence electrons. The minimum atomic E-state index is -0.438. The number of thiophene rings is 2. The Hall–Kier alpha value is -1.41. The van der Waals surface area contributed by atoms with E-state index in [4.69, 9.17) is 4.74 Å². The maximum atomic E-state index is 11.6. The van der Waals surface area contributed by atoms with Crippen LogP contribution in [0.15, 0.2) is 33.7 Å². The summed E-state index contributed by atoms with van der Waals surface area (Å²) < 4.78 is 5.23. The minimum absolute atomic E-state index is 0.332. The molecule has 2 heterocycles. The molecular weight excluding hydrogens is 402 g/mol. The van der Waals surface area contributed by atoms with Crippen molar-refractivity contribution < 1.29 is 9.53 Å². The highest BCUT2D eigenvalue weighted by atomic mass is 32.1. The second-order valence-corrected chi connectivity index (χ2v) is 9.77. The standard InChI is InChI=1S/C22H35N3O2S2/c1-22(2,3)27-21(26)24-11-5-4-9-23-10-6-12-25(15-19-7-13-28-17-19)16-20-8-14-29-18-20/h7-8,13-14,17-18,23H,4-6,9-12,15-16H2,1-3H3,(H,24,26). The van der Waals surface area contributed by atoms with Crippen LogP contribution in [-0.4, -0.2) is 42.8 Å². The Morgan fingerprint density at radius 3 is 2.10 bits per heavy atom. The molecule has 0 bridgehead atoms. The van der Waals surface area contributed by atoms with Crippen LogP contribution in [0.25, 0.3) is 0 Å². The van der Waals surface area contributed by atoms with Crippen LogP contribution in [0.2, 0.25) is 0 Å². The van der Waals surface area contributed by atoms with Gasteiger partial charge in [0.15, 0.2) is 0 Å². The fraction of sp³-hybridized carbons (Fsp3) is 0.591. The average molecular weight is 438 g/mol. The van der Waals surface area contributed by atoms with Gasteiger partial charge in [-0.25, -0.2) is 4.79 Å². The van der Waals surface area contributed by atoms with Gasteiger partial charge in [0.25, 0.3) is 0 Å². The summed E-state index contributed by atoms with van der Waals surface area (Å²) in [4.78, 5) is 14.1. The van der Waals surface area contributed by atoms with Gasteiger partial charge in [-0.1, -0.05) is 0 Å². The van der Waals surface area contributed by atoms with Crippen molar-refractivity contribution in [2.75, 3.05) is 26.2 Å². The van der Waals surface area contributed by atoms with Crippen LogP contribution in [0.4, 0.5) is 4.79 Å². The largest absolute Gasteiger partial charge is 0.444 e. The fourth-order valence-corrected chi connectivity index (χ4v) is 4.25. The predicted octanol–water partition coefficient (Wildman–Crippen LogP) is 5.10. The van der Waals surface area contributed by atoms with Crippen LogP contribution in [-0.2, 0) is 17.8 Å². The van der Waals surface area contributed by atoms with E-state index in [-0.39, 0.29) is 6.09 Å². The van der Waals surface area contributed by atoms with Crippen LogP contribution < -0.4 is 10.6 Å². The Labute approximate surface area is 183 Å². The second kappa shape index (κ2) is 13.0. The zero-order chi connectivity index (χ0) is 21.0. The van der Waals surface area contributed by atoms with Crippen molar-refractivity contribution in [3.63, 3.8) is 0 Å². The van der Waals surface area contributed by atoms with E-state index in [9.17, 15) is 4.79 Å². The molecule has 0 fully saturated rings. The van der Waals surface area contributed by atoms with Crippen LogP contribution in [0.5, 0.6) is 0 Å². The van der Waals surface area contributed by atoms with Crippen molar-refractivity contribution in [3.8, 4) is 0 Å². The lowest BCUT2D eigenvalue weighted by Crippen LogP contribution is -2.33. The third-order valence-corrected chi connectivity index (χ3v) is 5.71. The highest BCUT2D eigenvalue weighted by Crippen LogP contribution is 2.14. The Morgan fingerprint density at radius 1 is 0.966 bits per heavy atom. The molecule has 2 N–H and O–H groups in total. The third-order valence-electron chi connectivity index (χ3n) is 4.25. The number of hydrogen-bond acceptors (Lipinski definition) is 6. The topological polar surface area (TPSA) is 53.6 Å². The number of hydrogen-bond donors (Lipinski definition) is 2. The van der Waals surface area contributed by atoms with Gasteiger partial charge in [0.1, 0.15) is 5.60 Å². The van der Waals surface area contributed by atoms with E-state index in [1.165, 1.54) is 11.1 Å². The van der Waals surface area contributed by atoms with E-state index < -0.39 is 5.60 Å². The molecule has 5 nitrogen and oxygen atoms in total. The van der Waals surface area contributed by atoms with Crippen molar-refractivity contribution in [3.05, 3.63) is 44.8 Å². The molecule has 2 aromatic rings. The Kier molecular flexibility index (Phi) is 10.7. The minimum Gasteiger partial charge on any atom is -0.444 e. The molecule has 0 aromatic carbocycles. The van der Waals surface area contributed by atoms with Crippen molar-refractivity contribution in [2.24, 2.45) is 0 Å². The fourth-order valence-electron chi connectivity index (χ4n) is 2.93. The normalized spacial score (nSPS) is 11.7.